The summed E-state index contributed by atoms with van der Waals surface area (Å²) in [6.45, 7) is 1.84. The first-order valence-electron chi connectivity index (χ1n) is 12.9. The molecule has 2 atom stereocenters. The van der Waals surface area contributed by atoms with E-state index in [1.54, 1.807) is 12.1 Å². The number of fused-ring (bicyclic) bond motifs is 6. The predicted octanol–water partition coefficient (Wildman–Crippen LogP) is 8.57. The molecule has 0 spiro atoms. The van der Waals surface area contributed by atoms with Gasteiger partial charge in [-0.3, -0.25) is 4.55 Å². The van der Waals surface area contributed by atoms with Gasteiger partial charge < -0.3 is 5.11 Å². The molecule has 0 amide bonds. The van der Waals surface area contributed by atoms with E-state index in [-0.39, 0.29) is 15.8 Å². The fourth-order valence-corrected chi connectivity index (χ4v) is 6.76. The first-order chi connectivity index (χ1) is 19.1. The van der Waals surface area contributed by atoms with Gasteiger partial charge in [-0.05, 0) is 75.4 Å². The summed E-state index contributed by atoms with van der Waals surface area (Å²) in [4.78, 5) is 0.0985. The largest absolute Gasteiger partial charge is 0.387 e. The Bertz CT molecular complexity index is 1830. The molecule has 7 rings (SSSR count). The standard InChI is InChI=1S/C13H11BrO.C13H9Br.C7H8O3S/c14-11-7-9-6-5-8-3-1-2-4-10(8)12(9)13(11)15;14-11-7-10-6-5-9-3-1-2-4-12(9)13(10)8-11;1-6-2-4-7(5-3-6)11(8,9)10/h1-6,11,13,15H,7H2;1-6,8H,7H2;2-5H,1H3,(H,8,9,10). The topological polar surface area (TPSA) is 74.6 Å². The molecule has 4 nitrogen and oxygen atoms in total. The van der Waals surface area contributed by atoms with Crippen molar-refractivity contribution in [2.45, 2.75) is 35.6 Å². The van der Waals surface area contributed by atoms with E-state index in [0.717, 1.165) is 24.0 Å². The number of hydrogen-bond acceptors (Lipinski definition) is 3. The molecule has 2 unspecified atom stereocenters. The molecular weight excluding hydrogens is 652 g/mol. The van der Waals surface area contributed by atoms with Gasteiger partial charge in [0.05, 0.1) is 11.0 Å². The number of hydrogen-bond donors (Lipinski definition) is 2. The number of allylic oxidation sites excluding steroid dienone is 1. The summed E-state index contributed by atoms with van der Waals surface area (Å²) in [5.74, 6) is 0. The van der Waals surface area contributed by atoms with Crippen LogP contribution in [-0.2, 0) is 23.0 Å². The fraction of sp³-hybridized carbons (Fsp3) is 0.152. The predicted molar refractivity (Wildman–Crippen MR) is 171 cm³/mol. The molecule has 0 aromatic heterocycles. The number of aliphatic hydroxyl groups is 1. The summed E-state index contributed by atoms with van der Waals surface area (Å²) >= 11 is 7.09. The molecule has 0 aliphatic heterocycles. The Labute approximate surface area is 251 Å². The van der Waals surface area contributed by atoms with Crippen LogP contribution in [0.4, 0.5) is 0 Å². The zero-order valence-corrected chi connectivity index (χ0v) is 25.7. The van der Waals surface area contributed by atoms with Crippen molar-refractivity contribution in [2.75, 3.05) is 0 Å². The van der Waals surface area contributed by atoms with Crippen molar-refractivity contribution in [1.82, 2.24) is 0 Å². The van der Waals surface area contributed by atoms with Crippen LogP contribution in [0.1, 0.15) is 33.9 Å². The van der Waals surface area contributed by atoms with Crippen LogP contribution in [0, 0.1) is 6.92 Å². The number of rotatable bonds is 1. The number of benzene rings is 5. The highest BCUT2D eigenvalue weighted by Gasteiger charge is 2.30. The zero-order valence-electron chi connectivity index (χ0n) is 21.8. The molecule has 40 heavy (non-hydrogen) atoms. The van der Waals surface area contributed by atoms with Crippen molar-refractivity contribution in [3.05, 3.63) is 129 Å². The molecule has 204 valence electrons. The van der Waals surface area contributed by atoms with E-state index in [1.165, 1.54) is 54.9 Å². The van der Waals surface area contributed by atoms with E-state index in [0.29, 0.717) is 0 Å². The SMILES string of the molecule is BrC1=Cc2c(ccc3ccccc23)C1.Cc1ccc(S(=O)(=O)O)cc1.OC1c2c(ccc3ccccc23)CC1Br. The Morgan fingerprint density at radius 2 is 1.35 bits per heavy atom. The quantitative estimate of drug-likeness (QED) is 0.138. The maximum atomic E-state index is 10.5. The van der Waals surface area contributed by atoms with Crippen molar-refractivity contribution in [3.63, 3.8) is 0 Å². The minimum atomic E-state index is -4.02. The summed E-state index contributed by atoms with van der Waals surface area (Å²) in [6.07, 6.45) is 3.82. The molecule has 0 fully saturated rings. The number of alkyl halides is 1. The molecule has 0 heterocycles. The minimum Gasteiger partial charge on any atom is -0.387 e. The lowest BCUT2D eigenvalue weighted by Gasteiger charge is -2.10. The molecular formula is C33H28Br2O4S. The van der Waals surface area contributed by atoms with Gasteiger partial charge in [0, 0.05) is 15.7 Å². The zero-order chi connectivity index (χ0) is 28.4. The number of halogens is 2. The fourth-order valence-electron chi connectivity index (χ4n) is 5.14. The molecule has 2 aliphatic carbocycles. The van der Waals surface area contributed by atoms with Crippen LogP contribution in [-0.4, -0.2) is 22.9 Å². The average molecular weight is 680 g/mol. The van der Waals surface area contributed by atoms with Crippen LogP contribution in [0.2, 0.25) is 0 Å². The van der Waals surface area contributed by atoms with E-state index >= 15 is 0 Å². The van der Waals surface area contributed by atoms with Crippen molar-refractivity contribution >= 4 is 69.6 Å². The summed E-state index contributed by atoms with van der Waals surface area (Å²) in [5.41, 5.74) is 6.14. The van der Waals surface area contributed by atoms with E-state index in [4.69, 9.17) is 4.55 Å². The van der Waals surface area contributed by atoms with Gasteiger partial charge in [-0.15, -0.1) is 0 Å². The van der Waals surface area contributed by atoms with Crippen molar-refractivity contribution < 1.29 is 18.1 Å². The van der Waals surface area contributed by atoms with E-state index in [2.05, 4.69) is 98.6 Å². The lowest BCUT2D eigenvalue weighted by molar-refractivity contribution is 0.189. The Kier molecular flexibility index (Phi) is 8.59. The van der Waals surface area contributed by atoms with E-state index in [1.807, 2.05) is 19.1 Å². The van der Waals surface area contributed by atoms with Crippen LogP contribution >= 0.6 is 31.9 Å². The highest BCUT2D eigenvalue weighted by Crippen LogP contribution is 2.40. The summed E-state index contributed by atoms with van der Waals surface area (Å²) in [7, 11) is -4.02. The molecule has 2 aliphatic rings. The smallest absolute Gasteiger partial charge is 0.294 e. The summed E-state index contributed by atoms with van der Waals surface area (Å²) in [6, 6.07) is 31.4. The first-order valence-corrected chi connectivity index (χ1v) is 16.0. The van der Waals surface area contributed by atoms with Gasteiger partial charge in [0.2, 0.25) is 0 Å². The monoisotopic (exact) mass is 678 g/mol. The third kappa shape index (κ3) is 6.24. The minimum absolute atomic E-state index is 0.0666. The van der Waals surface area contributed by atoms with Crippen LogP contribution in [0.5, 0.6) is 0 Å². The Hall–Kier alpha value is -2.81. The number of aryl methyl sites for hydroxylation is 1. The van der Waals surface area contributed by atoms with Gasteiger partial charge in [-0.1, -0.05) is 122 Å². The van der Waals surface area contributed by atoms with Crippen molar-refractivity contribution in [3.8, 4) is 0 Å². The van der Waals surface area contributed by atoms with Crippen molar-refractivity contribution in [2.24, 2.45) is 0 Å². The lowest BCUT2D eigenvalue weighted by atomic mass is 10.0. The van der Waals surface area contributed by atoms with E-state index < -0.39 is 10.1 Å². The van der Waals surface area contributed by atoms with Gasteiger partial charge in [0.1, 0.15) is 0 Å². The maximum absolute atomic E-state index is 10.5. The Morgan fingerprint density at radius 3 is 2.00 bits per heavy atom. The molecule has 2 N–H and O–H groups in total. The molecule has 7 heteroatoms. The molecule has 0 radical (unpaired) electrons. The second-order valence-corrected chi connectivity index (χ2v) is 13.6. The van der Waals surface area contributed by atoms with Gasteiger partial charge >= 0.3 is 0 Å². The molecule has 0 bridgehead atoms. The second-order valence-electron chi connectivity index (χ2n) is 9.94. The van der Waals surface area contributed by atoms with Crippen LogP contribution in [0.25, 0.3) is 27.6 Å². The summed E-state index contributed by atoms with van der Waals surface area (Å²) in [5, 5.41) is 15.2. The van der Waals surface area contributed by atoms with Gasteiger partial charge in [0.25, 0.3) is 10.1 Å². The Balaban J connectivity index is 0.000000123. The van der Waals surface area contributed by atoms with Crippen LogP contribution < -0.4 is 0 Å². The second kappa shape index (κ2) is 12.0. The Morgan fingerprint density at radius 1 is 0.775 bits per heavy atom. The highest BCUT2D eigenvalue weighted by molar-refractivity contribution is 9.11. The molecule has 5 aromatic rings. The third-order valence-corrected chi connectivity index (χ3v) is 9.36. The van der Waals surface area contributed by atoms with Crippen LogP contribution in [0.3, 0.4) is 0 Å². The van der Waals surface area contributed by atoms with Gasteiger partial charge in [-0.25, -0.2) is 0 Å². The van der Waals surface area contributed by atoms with Gasteiger partial charge in [0.15, 0.2) is 0 Å². The molecule has 5 aromatic carbocycles. The maximum Gasteiger partial charge on any atom is 0.294 e. The van der Waals surface area contributed by atoms with Crippen LogP contribution in [0.15, 0.2) is 106 Å². The molecule has 0 saturated heterocycles. The van der Waals surface area contributed by atoms with Gasteiger partial charge in [-0.2, -0.15) is 8.42 Å². The highest BCUT2D eigenvalue weighted by atomic mass is 79.9. The average Bonchev–Trinajstić information content (AvgIpc) is 3.47. The van der Waals surface area contributed by atoms with Crippen molar-refractivity contribution in [1.29, 1.82) is 0 Å². The third-order valence-electron chi connectivity index (χ3n) is 7.15. The first kappa shape index (κ1) is 28.7. The summed E-state index contributed by atoms with van der Waals surface area (Å²) < 4.78 is 30.8. The lowest BCUT2D eigenvalue weighted by Crippen LogP contribution is -2.04. The number of aliphatic hydroxyl groups excluding tert-OH is 1. The normalized spacial score (nSPS) is 17.3. The molecule has 0 saturated carbocycles. The van der Waals surface area contributed by atoms with E-state index in [9.17, 15) is 13.5 Å².